The van der Waals surface area contributed by atoms with Crippen molar-refractivity contribution >= 4 is 27.5 Å². The molecule has 8 nitrogen and oxygen atoms in total. The Hall–Kier alpha value is -3.92. The van der Waals surface area contributed by atoms with Crippen molar-refractivity contribution in [2.75, 3.05) is 18.0 Å². The Morgan fingerprint density at radius 3 is 2.18 bits per heavy atom. The van der Waals surface area contributed by atoms with Crippen molar-refractivity contribution in [3.05, 3.63) is 90.2 Å². The molecule has 10 heteroatoms. The van der Waals surface area contributed by atoms with E-state index in [-0.39, 0.29) is 34.8 Å². The lowest BCUT2D eigenvalue weighted by Crippen LogP contribution is -2.52. The molecule has 39 heavy (non-hydrogen) atoms. The fraction of sp³-hybridized carbons (Fsp3) is 0.310. The molecule has 208 valence electrons. The van der Waals surface area contributed by atoms with Crippen molar-refractivity contribution in [1.29, 1.82) is 0 Å². The van der Waals surface area contributed by atoms with E-state index >= 15 is 0 Å². The molecule has 2 amide bonds. The predicted molar refractivity (Wildman–Crippen MR) is 148 cm³/mol. The molecule has 0 aliphatic carbocycles. The highest BCUT2D eigenvalue weighted by Gasteiger charge is 2.33. The first-order chi connectivity index (χ1) is 18.6. The van der Waals surface area contributed by atoms with Crippen LogP contribution in [0.15, 0.2) is 83.8 Å². The summed E-state index contributed by atoms with van der Waals surface area (Å²) in [6, 6.07) is 18.8. The van der Waals surface area contributed by atoms with Gasteiger partial charge in [0, 0.05) is 12.6 Å². The van der Waals surface area contributed by atoms with E-state index in [2.05, 4.69) is 5.32 Å². The third kappa shape index (κ3) is 7.35. The van der Waals surface area contributed by atoms with Crippen LogP contribution in [-0.2, 0) is 26.2 Å². The molecule has 0 spiro atoms. The molecule has 0 saturated heterocycles. The molecule has 1 N–H and O–H groups in total. The van der Waals surface area contributed by atoms with Crippen LogP contribution in [0, 0.1) is 5.82 Å². The summed E-state index contributed by atoms with van der Waals surface area (Å²) >= 11 is 0. The summed E-state index contributed by atoms with van der Waals surface area (Å²) in [7, 11) is -2.79. The third-order valence-electron chi connectivity index (χ3n) is 6.40. The highest BCUT2D eigenvalue weighted by molar-refractivity contribution is 7.92. The van der Waals surface area contributed by atoms with Crippen LogP contribution in [0.4, 0.5) is 10.1 Å². The normalized spacial score (nSPS) is 12.7. The number of hydrogen-bond donors (Lipinski definition) is 1. The van der Waals surface area contributed by atoms with Crippen LogP contribution in [0.1, 0.15) is 32.8 Å². The van der Waals surface area contributed by atoms with Gasteiger partial charge < -0.3 is 15.0 Å². The number of rotatable bonds is 12. The third-order valence-corrected chi connectivity index (χ3v) is 8.17. The number of carbonyl (C=O) groups is 2. The van der Waals surface area contributed by atoms with Crippen molar-refractivity contribution in [3.63, 3.8) is 0 Å². The van der Waals surface area contributed by atoms with Crippen LogP contribution in [0.25, 0.3) is 0 Å². The van der Waals surface area contributed by atoms with Gasteiger partial charge in [-0.3, -0.25) is 13.9 Å². The number of carbonyl (C=O) groups excluding carboxylic acids is 2. The van der Waals surface area contributed by atoms with Gasteiger partial charge in [0.25, 0.3) is 10.0 Å². The number of ether oxygens (including phenoxy) is 1. The fourth-order valence-electron chi connectivity index (χ4n) is 3.90. The second-order valence-corrected chi connectivity index (χ2v) is 11.0. The first kappa shape index (κ1) is 29.6. The van der Waals surface area contributed by atoms with Crippen molar-refractivity contribution in [3.8, 4) is 5.75 Å². The first-order valence-electron chi connectivity index (χ1n) is 12.6. The van der Waals surface area contributed by atoms with Crippen LogP contribution in [0.5, 0.6) is 5.75 Å². The number of nitrogens with zero attached hydrogens (tertiary/aromatic N) is 2. The van der Waals surface area contributed by atoms with E-state index in [0.717, 1.165) is 4.31 Å². The van der Waals surface area contributed by atoms with Gasteiger partial charge in [0.15, 0.2) is 0 Å². The summed E-state index contributed by atoms with van der Waals surface area (Å²) in [5.41, 5.74) is 0.762. The first-order valence-corrected chi connectivity index (χ1v) is 14.1. The Labute approximate surface area is 229 Å². The second kappa shape index (κ2) is 13.2. The maximum absolute atomic E-state index is 13.9. The molecule has 0 fully saturated rings. The molecule has 0 radical (unpaired) electrons. The van der Waals surface area contributed by atoms with Crippen LogP contribution in [0.3, 0.4) is 0 Å². The van der Waals surface area contributed by atoms with Crippen molar-refractivity contribution < 1.29 is 27.1 Å². The molecule has 0 aliphatic rings. The fourth-order valence-corrected chi connectivity index (χ4v) is 5.35. The van der Waals surface area contributed by atoms with Crippen LogP contribution in [0.2, 0.25) is 0 Å². The average molecular weight is 556 g/mol. The molecule has 3 rings (SSSR count). The number of para-hydroxylation sites is 2. The number of sulfonamides is 1. The Balaban J connectivity index is 2.04. The topological polar surface area (TPSA) is 96.0 Å². The quantitative estimate of drug-likeness (QED) is 0.358. The molecule has 0 saturated carbocycles. The zero-order valence-corrected chi connectivity index (χ0v) is 23.3. The monoisotopic (exact) mass is 555 g/mol. The zero-order valence-electron chi connectivity index (χ0n) is 22.5. The summed E-state index contributed by atoms with van der Waals surface area (Å²) in [5, 5.41) is 2.87. The number of amides is 2. The standard InChI is InChI=1S/C29H34FN3O5S/c1-5-21(2)31-29(35)22(3)32(19-23-15-17-24(30)18-16-23)28(34)20-33(26-13-9-10-14-27(26)38-4)39(36,37)25-11-7-6-8-12-25/h6-18,21-22H,5,19-20H2,1-4H3,(H,31,35)/t21-,22+/m1/s1. The molecule has 0 bridgehead atoms. The number of methoxy groups -OCH3 is 1. The molecular formula is C29H34FN3O5S. The van der Waals surface area contributed by atoms with Gasteiger partial charge in [-0.15, -0.1) is 0 Å². The maximum atomic E-state index is 13.9. The minimum atomic E-state index is -4.21. The molecule has 0 unspecified atom stereocenters. The van der Waals surface area contributed by atoms with Gasteiger partial charge in [-0.05, 0) is 62.2 Å². The van der Waals surface area contributed by atoms with E-state index in [1.807, 2.05) is 13.8 Å². The molecule has 0 heterocycles. The predicted octanol–water partition coefficient (Wildman–Crippen LogP) is 4.36. The van der Waals surface area contributed by atoms with Crippen LogP contribution >= 0.6 is 0 Å². The smallest absolute Gasteiger partial charge is 0.264 e. The summed E-state index contributed by atoms with van der Waals surface area (Å²) in [6.07, 6.45) is 0.696. The Kier molecular flexibility index (Phi) is 10.1. The van der Waals surface area contributed by atoms with E-state index in [9.17, 15) is 22.4 Å². The molecule has 2 atom stereocenters. The van der Waals surface area contributed by atoms with Crippen molar-refractivity contribution in [1.82, 2.24) is 10.2 Å². The highest BCUT2D eigenvalue weighted by Crippen LogP contribution is 2.32. The van der Waals surface area contributed by atoms with E-state index in [4.69, 9.17) is 4.74 Å². The number of nitrogens with one attached hydrogen (secondary N) is 1. The number of benzene rings is 3. The Morgan fingerprint density at radius 1 is 0.949 bits per heavy atom. The van der Waals surface area contributed by atoms with Crippen molar-refractivity contribution in [2.24, 2.45) is 0 Å². The highest BCUT2D eigenvalue weighted by atomic mass is 32.2. The van der Waals surface area contributed by atoms with E-state index in [0.29, 0.717) is 12.0 Å². The number of hydrogen-bond acceptors (Lipinski definition) is 5. The lowest BCUT2D eigenvalue weighted by Gasteiger charge is -2.32. The SMILES string of the molecule is CC[C@@H](C)NC(=O)[C@H](C)N(Cc1ccc(F)cc1)C(=O)CN(c1ccccc1OC)S(=O)(=O)c1ccccc1. The zero-order chi connectivity index (χ0) is 28.6. The molecule has 3 aromatic carbocycles. The van der Waals surface area contributed by atoms with Crippen LogP contribution in [-0.4, -0.2) is 50.9 Å². The lowest BCUT2D eigenvalue weighted by atomic mass is 10.1. The number of halogens is 1. The van der Waals surface area contributed by atoms with E-state index in [1.54, 1.807) is 49.4 Å². The Bertz CT molecular complexity index is 1370. The number of anilines is 1. The van der Waals surface area contributed by atoms with Crippen LogP contribution < -0.4 is 14.4 Å². The minimum Gasteiger partial charge on any atom is -0.495 e. The largest absolute Gasteiger partial charge is 0.495 e. The van der Waals surface area contributed by atoms with E-state index in [1.165, 1.54) is 48.4 Å². The average Bonchev–Trinajstić information content (AvgIpc) is 2.95. The molecular weight excluding hydrogens is 521 g/mol. The molecule has 3 aromatic rings. The molecule has 0 aromatic heterocycles. The van der Waals surface area contributed by atoms with Gasteiger partial charge in [-0.2, -0.15) is 0 Å². The summed E-state index contributed by atoms with van der Waals surface area (Å²) < 4.78 is 47.6. The summed E-state index contributed by atoms with van der Waals surface area (Å²) in [6.45, 7) is 4.74. The second-order valence-electron chi connectivity index (χ2n) is 9.14. The molecule has 0 aliphatic heterocycles. The van der Waals surface area contributed by atoms with Gasteiger partial charge in [0.2, 0.25) is 11.8 Å². The maximum Gasteiger partial charge on any atom is 0.264 e. The van der Waals surface area contributed by atoms with Gasteiger partial charge in [0.1, 0.15) is 24.2 Å². The Morgan fingerprint density at radius 2 is 1.56 bits per heavy atom. The van der Waals surface area contributed by atoms with Gasteiger partial charge in [-0.1, -0.05) is 49.4 Å². The van der Waals surface area contributed by atoms with Gasteiger partial charge in [-0.25, -0.2) is 12.8 Å². The van der Waals surface area contributed by atoms with E-state index < -0.39 is 34.3 Å². The van der Waals surface area contributed by atoms with Gasteiger partial charge >= 0.3 is 0 Å². The lowest BCUT2D eigenvalue weighted by molar-refractivity contribution is -0.139. The van der Waals surface area contributed by atoms with Crippen molar-refractivity contribution in [2.45, 2.75) is 50.7 Å². The summed E-state index contributed by atoms with van der Waals surface area (Å²) in [5.74, 6) is -1.17. The van der Waals surface area contributed by atoms with Gasteiger partial charge in [0.05, 0.1) is 17.7 Å². The summed E-state index contributed by atoms with van der Waals surface area (Å²) in [4.78, 5) is 28.3. The minimum absolute atomic E-state index is 0.00338.